The summed E-state index contributed by atoms with van der Waals surface area (Å²) in [6, 6.07) is 7.71. The van der Waals surface area contributed by atoms with E-state index in [0.29, 0.717) is 38.5 Å². The lowest BCUT2D eigenvalue weighted by molar-refractivity contribution is -0.137. The summed E-state index contributed by atoms with van der Waals surface area (Å²) in [7, 11) is -0.525. The van der Waals surface area contributed by atoms with E-state index in [1.165, 1.54) is 18.4 Å². The van der Waals surface area contributed by atoms with Crippen LogP contribution < -0.4 is 4.90 Å². The Bertz CT molecular complexity index is 1010. The molecule has 0 saturated carbocycles. The van der Waals surface area contributed by atoms with Crippen molar-refractivity contribution in [1.82, 2.24) is 14.2 Å². The summed E-state index contributed by atoms with van der Waals surface area (Å²) >= 11 is 6.04. The number of piperazine rings is 1. The first kappa shape index (κ1) is 22.8. The number of hydrogen-bond acceptors (Lipinski definition) is 5. The van der Waals surface area contributed by atoms with Crippen molar-refractivity contribution < 1.29 is 21.6 Å². The maximum Gasteiger partial charge on any atom is 0.417 e. The molecule has 0 atom stereocenters. The molecule has 2 heterocycles. The van der Waals surface area contributed by atoms with Crippen LogP contribution >= 0.6 is 11.6 Å². The SMILES string of the molecule is CN(C)S(=O)(=O)c1cccc(CN2CCN(c3ncc(C(F)(F)F)cc3Cl)CC2)c1. The smallest absolute Gasteiger partial charge is 0.353 e. The monoisotopic (exact) mass is 462 g/mol. The van der Waals surface area contributed by atoms with Gasteiger partial charge in [0.1, 0.15) is 5.82 Å². The van der Waals surface area contributed by atoms with Crippen LogP contribution in [-0.2, 0) is 22.7 Å². The zero-order chi connectivity index (χ0) is 22.1. The highest BCUT2D eigenvalue weighted by Gasteiger charge is 2.32. The summed E-state index contributed by atoms with van der Waals surface area (Å²) in [6.07, 6.45) is -3.69. The Morgan fingerprint density at radius 1 is 1.13 bits per heavy atom. The molecule has 6 nitrogen and oxygen atoms in total. The minimum atomic E-state index is -4.48. The molecule has 1 aromatic carbocycles. The number of hydrogen-bond donors (Lipinski definition) is 0. The van der Waals surface area contributed by atoms with Crippen LogP contribution in [0.3, 0.4) is 0 Å². The van der Waals surface area contributed by atoms with Gasteiger partial charge in [-0.05, 0) is 23.8 Å². The molecule has 1 aliphatic rings. The summed E-state index contributed by atoms with van der Waals surface area (Å²) < 4.78 is 64.2. The van der Waals surface area contributed by atoms with Gasteiger partial charge in [0.15, 0.2) is 0 Å². The van der Waals surface area contributed by atoms with E-state index in [1.54, 1.807) is 18.2 Å². The fourth-order valence-corrected chi connectivity index (χ4v) is 4.47. The van der Waals surface area contributed by atoms with E-state index in [0.717, 1.165) is 17.8 Å². The first-order chi connectivity index (χ1) is 14.0. The minimum absolute atomic E-state index is 0.0279. The number of sulfonamides is 1. The normalized spacial score (nSPS) is 16.3. The first-order valence-corrected chi connectivity index (χ1v) is 11.0. The zero-order valence-electron chi connectivity index (χ0n) is 16.5. The molecule has 1 fully saturated rings. The average Bonchev–Trinajstić information content (AvgIpc) is 2.68. The van der Waals surface area contributed by atoms with Gasteiger partial charge in [0.25, 0.3) is 0 Å². The standard InChI is InChI=1S/C19H22ClF3N4O2S/c1-25(2)30(28,29)16-5-3-4-14(10-16)13-26-6-8-27(9-7-26)18-17(20)11-15(12-24-18)19(21,22)23/h3-5,10-12H,6-9,13H2,1-2H3. The molecule has 0 N–H and O–H groups in total. The van der Waals surface area contributed by atoms with Gasteiger partial charge in [-0.2, -0.15) is 13.2 Å². The highest BCUT2D eigenvalue weighted by atomic mass is 35.5. The first-order valence-electron chi connectivity index (χ1n) is 9.20. The van der Waals surface area contributed by atoms with Crippen LogP contribution in [0.2, 0.25) is 5.02 Å². The molecule has 0 bridgehead atoms. The third-order valence-corrected chi connectivity index (χ3v) is 6.99. The third kappa shape index (κ3) is 5.05. The van der Waals surface area contributed by atoms with Crippen molar-refractivity contribution in [1.29, 1.82) is 0 Å². The fourth-order valence-electron chi connectivity index (χ4n) is 3.21. The van der Waals surface area contributed by atoms with Crippen LogP contribution in [-0.4, -0.2) is 62.9 Å². The summed E-state index contributed by atoms with van der Waals surface area (Å²) in [5.74, 6) is 0.336. The second-order valence-corrected chi connectivity index (χ2v) is 9.78. The molecular formula is C19H22ClF3N4O2S. The van der Waals surface area contributed by atoms with Crippen LogP contribution in [0.15, 0.2) is 41.4 Å². The maximum absolute atomic E-state index is 12.8. The summed E-state index contributed by atoms with van der Waals surface area (Å²) in [4.78, 5) is 8.16. The van der Waals surface area contributed by atoms with E-state index in [2.05, 4.69) is 9.88 Å². The molecular weight excluding hydrogens is 441 g/mol. The van der Waals surface area contributed by atoms with Crippen LogP contribution in [0, 0.1) is 0 Å². The second kappa shape index (κ2) is 8.70. The number of benzene rings is 1. The maximum atomic E-state index is 12.8. The van der Waals surface area contributed by atoms with Crippen molar-refractivity contribution in [2.45, 2.75) is 17.6 Å². The van der Waals surface area contributed by atoms with E-state index < -0.39 is 21.8 Å². The Kier molecular flexibility index (Phi) is 6.61. The zero-order valence-corrected chi connectivity index (χ0v) is 18.1. The van der Waals surface area contributed by atoms with Crippen LogP contribution in [0.5, 0.6) is 0 Å². The summed E-state index contributed by atoms with van der Waals surface area (Å²) in [5, 5.41) is -0.0279. The highest BCUT2D eigenvalue weighted by Crippen LogP contribution is 2.33. The molecule has 0 aliphatic carbocycles. The third-order valence-electron chi connectivity index (χ3n) is 4.90. The van der Waals surface area contributed by atoms with Crippen molar-refractivity contribution in [3.8, 4) is 0 Å². The lowest BCUT2D eigenvalue weighted by atomic mass is 10.2. The Balaban J connectivity index is 1.64. The van der Waals surface area contributed by atoms with Crippen molar-refractivity contribution in [3.05, 3.63) is 52.7 Å². The van der Waals surface area contributed by atoms with E-state index in [9.17, 15) is 21.6 Å². The number of alkyl halides is 3. The molecule has 11 heteroatoms. The average molecular weight is 463 g/mol. The summed E-state index contributed by atoms with van der Waals surface area (Å²) in [5.41, 5.74) is -0.000457. The Hall–Kier alpha value is -1.88. The fraction of sp³-hybridized carbons (Fsp3) is 0.421. The van der Waals surface area contributed by atoms with Gasteiger partial charge in [-0.1, -0.05) is 23.7 Å². The van der Waals surface area contributed by atoms with Crippen molar-refractivity contribution in [3.63, 3.8) is 0 Å². The topological polar surface area (TPSA) is 56.8 Å². The van der Waals surface area contributed by atoms with Gasteiger partial charge in [-0.25, -0.2) is 17.7 Å². The minimum Gasteiger partial charge on any atom is -0.353 e. The second-order valence-electron chi connectivity index (χ2n) is 7.23. The number of nitrogens with zero attached hydrogens (tertiary/aromatic N) is 4. The molecule has 1 saturated heterocycles. The molecule has 30 heavy (non-hydrogen) atoms. The molecule has 164 valence electrons. The van der Waals surface area contributed by atoms with E-state index in [-0.39, 0.29) is 9.92 Å². The van der Waals surface area contributed by atoms with Gasteiger partial charge in [0.2, 0.25) is 10.0 Å². The molecule has 1 aliphatic heterocycles. The quantitative estimate of drug-likeness (QED) is 0.682. The van der Waals surface area contributed by atoms with Crippen LogP contribution in [0.4, 0.5) is 19.0 Å². The Morgan fingerprint density at radius 3 is 2.37 bits per heavy atom. The lowest BCUT2D eigenvalue weighted by Crippen LogP contribution is -2.46. The van der Waals surface area contributed by atoms with E-state index >= 15 is 0 Å². The Morgan fingerprint density at radius 2 is 1.80 bits per heavy atom. The molecule has 0 spiro atoms. The van der Waals surface area contributed by atoms with Crippen molar-refractivity contribution in [2.24, 2.45) is 0 Å². The van der Waals surface area contributed by atoms with Gasteiger partial charge in [-0.3, -0.25) is 4.90 Å². The number of rotatable bonds is 5. The van der Waals surface area contributed by atoms with Gasteiger partial charge in [0.05, 0.1) is 15.5 Å². The number of anilines is 1. The van der Waals surface area contributed by atoms with E-state index in [4.69, 9.17) is 11.6 Å². The summed E-state index contributed by atoms with van der Waals surface area (Å²) in [6.45, 7) is 2.95. The Labute approximate surface area is 178 Å². The molecule has 2 aromatic rings. The largest absolute Gasteiger partial charge is 0.417 e. The number of pyridine rings is 1. The lowest BCUT2D eigenvalue weighted by Gasteiger charge is -2.35. The van der Waals surface area contributed by atoms with Crippen LogP contribution in [0.25, 0.3) is 0 Å². The predicted molar refractivity (Wildman–Crippen MR) is 109 cm³/mol. The predicted octanol–water partition coefficient (Wildman–Crippen LogP) is 3.33. The van der Waals surface area contributed by atoms with Gasteiger partial charge in [0, 0.05) is 53.0 Å². The highest BCUT2D eigenvalue weighted by molar-refractivity contribution is 7.89. The van der Waals surface area contributed by atoms with E-state index in [1.807, 2.05) is 11.0 Å². The molecule has 3 rings (SSSR count). The van der Waals surface area contributed by atoms with Crippen molar-refractivity contribution >= 4 is 27.4 Å². The molecule has 0 radical (unpaired) electrons. The van der Waals surface area contributed by atoms with Crippen LogP contribution in [0.1, 0.15) is 11.1 Å². The number of aromatic nitrogens is 1. The molecule has 0 amide bonds. The van der Waals surface area contributed by atoms with Gasteiger partial charge < -0.3 is 4.90 Å². The molecule has 1 aromatic heterocycles. The van der Waals surface area contributed by atoms with Gasteiger partial charge in [-0.15, -0.1) is 0 Å². The van der Waals surface area contributed by atoms with Crippen molar-refractivity contribution in [2.75, 3.05) is 45.2 Å². The van der Waals surface area contributed by atoms with Gasteiger partial charge >= 0.3 is 6.18 Å². The molecule has 0 unspecified atom stereocenters. The number of halogens is 4.